The van der Waals surface area contributed by atoms with E-state index in [4.69, 9.17) is 19.3 Å². The Morgan fingerprint density at radius 3 is 2.48 bits per heavy atom. The smallest absolute Gasteiger partial charge is 0.331 e. The van der Waals surface area contributed by atoms with Gasteiger partial charge < -0.3 is 19.3 Å². The number of hydrogen-bond donors (Lipinski definition) is 1. The van der Waals surface area contributed by atoms with Gasteiger partial charge in [0.2, 0.25) is 5.78 Å². The fourth-order valence-electron chi connectivity index (χ4n) is 2.72. The summed E-state index contributed by atoms with van der Waals surface area (Å²) in [6.07, 6.45) is 2.51. The molecule has 152 valence electrons. The summed E-state index contributed by atoms with van der Waals surface area (Å²) in [7, 11) is 3.01. The summed E-state index contributed by atoms with van der Waals surface area (Å²) < 4.78 is 15.5. The van der Waals surface area contributed by atoms with Crippen LogP contribution in [-0.4, -0.2) is 43.7 Å². The Labute approximate surface area is 168 Å². The zero-order valence-electron chi connectivity index (χ0n) is 16.4. The molecule has 0 radical (unpaired) electrons. The third-order valence-corrected chi connectivity index (χ3v) is 4.14. The topological polar surface area (TPSA) is 99.1 Å². The maximum absolute atomic E-state index is 12.4. The summed E-state index contributed by atoms with van der Waals surface area (Å²) in [6, 6.07) is 10.1. The molecule has 0 spiro atoms. The molecule has 0 bridgehead atoms. The summed E-state index contributed by atoms with van der Waals surface area (Å²) in [5.41, 5.74) is 2.13. The van der Waals surface area contributed by atoms with Crippen molar-refractivity contribution < 1.29 is 33.7 Å². The number of ketones is 1. The lowest BCUT2D eigenvalue weighted by atomic mass is 10.0. The first-order valence-corrected chi connectivity index (χ1v) is 8.76. The number of carboxylic acid groups (broad SMARTS) is 1. The van der Waals surface area contributed by atoms with Gasteiger partial charge in [-0.15, -0.1) is 0 Å². The van der Waals surface area contributed by atoms with Gasteiger partial charge >= 0.3 is 11.9 Å². The highest BCUT2D eigenvalue weighted by Crippen LogP contribution is 2.31. The van der Waals surface area contributed by atoms with Crippen molar-refractivity contribution in [1.29, 1.82) is 0 Å². The minimum atomic E-state index is -0.989. The summed E-state index contributed by atoms with van der Waals surface area (Å²) in [5, 5.41) is 8.89. The Bertz CT molecular complexity index is 944. The Morgan fingerprint density at radius 1 is 1.07 bits per heavy atom. The lowest BCUT2D eigenvalue weighted by molar-refractivity contribution is -0.137. The van der Waals surface area contributed by atoms with E-state index >= 15 is 0 Å². The molecule has 0 heterocycles. The second-order valence-electron chi connectivity index (χ2n) is 6.17. The number of para-hydroxylation sites is 1. The van der Waals surface area contributed by atoms with Crippen LogP contribution in [0.4, 0.5) is 0 Å². The number of esters is 1. The zero-order valence-corrected chi connectivity index (χ0v) is 16.4. The van der Waals surface area contributed by atoms with Crippen molar-refractivity contribution in [3.63, 3.8) is 0 Å². The molecule has 0 amide bonds. The van der Waals surface area contributed by atoms with Crippen molar-refractivity contribution in [1.82, 2.24) is 0 Å². The van der Waals surface area contributed by atoms with Gasteiger partial charge in [0, 0.05) is 17.2 Å². The third-order valence-electron chi connectivity index (χ3n) is 4.14. The highest BCUT2D eigenvalue weighted by Gasteiger charge is 2.13. The molecule has 0 saturated carbocycles. The monoisotopic (exact) mass is 398 g/mol. The fourth-order valence-corrected chi connectivity index (χ4v) is 2.72. The number of aryl methyl sites for hydroxylation is 1. The quantitative estimate of drug-likeness (QED) is 0.394. The number of rotatable bonds is 9. The van der Waals surface area contributed by atoms with Gasteiger partial charge in [-0.2, -0.15) is 0 Å². The van der Waals surface area contributed by atoms with Crippen LogP contribution < -0.4 is 9.47 Å². The predicted molar refractivity (Wildman–Crippen MR) is 106 cm³/mol. The standard InChI is InChI=1S/C22H22O7/c1-14-7-8-15(12-20(24)25)11-17(14)18(23)13-29-21(26)10-9-16-5-4-6-19(27-2)22(16)28-3/h4-11H,12-13H2,1-3H3,(H,24,25)/b10-9+. The number of benzene rings is 2. The first-order valence-electron chi connectivity index (χ1n) is 8.76. The van der Waals surface area contributed by atoms with Crippen LogP contribution in [0.1, 0.15) is 27.0 Å². The molecule has 2 aromatic carbocycles. The van der Waals surface area contributed by atoms with Crippen LogP contribution in [0.3, 0.4) is 0 Å². The van der Waals surface area contributed by atoms with Crippen molar-refractivity contribution in [2.75, 3.05) is 20.8 Å². The van der Waals surface area contributed by atoms with E-state index in [0.717, 1.165) is 0 Å². The molecule has 7 nitrogen and oxygen atoms in total. The first kappa shape index (κ1) is 21.7. The van der Waals surface area contributed by atoms with Gasteiger partial charge in [-0.25, -0.2) is 4.79 Å². The average molecular weight is 398 g/mol. The molecule has 0 aliphatic rings. The predicted octanol–water partition coefficient (Wildman–Crippen LogP) is 3.08. The summed E-state index contributed by atoms with van der Waals surface area (Å²) in [5.74, 6) is -1.09. The number of hydrogen-bond acceptors (Lipinski definition) is 6. The lowest BCUT2D eigenvalue weighted by Gasteiger charge is -2.10. The van der Waals surface area contributed by atoms with E-state index < -0.39 is 24.3 Å². The van der Waals surface area contributed by atoms with E-state index in [9.17, 15) is 14.4 Å². The average Bonchev–Trinajstić information content (AvgIpc) is 2.70. The van der Waals surface area contributed by atoms with Crippen molar-refractivity contribution in [2.45, 2.75) is 13.3 Å². The van der Waals surface area contributed by atoms with Crippen LogP contribution >= 0.6 is 0 Å². The molecule has 0 aromatic heterocycles. The van der Waals surface area contributed by atoms with Gasteiger partial charge in [-0.3, -0.25) is 9.59 Å². The van der Waals surface area contributed by atoms with E-state index in [1.165, 1.54) is 32.4 Å². The van der Waals surface area contributed by atoms with Crippen LogP contribution in [0.25, 0.3) is 6.08 Å². The highest BCUT2D eigenvalue weighted by atomic mass is 16.5. The summed E-state index contributed by atoms with van der Waals surface area (Å²) >= 11 is 0. The molecule has 0 saturated heterocycles. The van der Waals surface area contributed by atoms with E-state index in [1.807, 2.05) is 0 Å². The van der Waals surface area contributed by atoms with Crippen molar-refractivity contribution in [3.05, 3.63) is 64.7 Å². The molecule has 0 atom stereocenters. The molecular formula is C22H22O7. The second-order valence-corrected chi connectivity index (χ2v) is 6.17. The van der Waals surface area contributed by atoms with Crippen LogP contribution in [0.5, 0.6) is 11.5 Å². The van der Waals surface area contributed by atoms with Gasteiger partial charge in [0.05, 0.1) is 20.6 Å². The number of aliphatic carboxylic acids is 1. The molecule has 0 aliphatic heterocycles. The van der Waals surface area contributed by atoms with E-state index in [-0.39, 0.29) is 6.42 Å². The Hall–Kier alpha value is -3.61. The van der Waals surface area contributed by atoms with Crippen molar-refractivity contribution in [3.8, 4) is 11.5 Å². The second kappa shape index (κ2) is 10.1. The minimum absolute atomic E-state index is 0.189. The van der Waals surface area contributed by atoms with Gasteiger partial charge in [0.1, 0.15) is 0 Å². The van der Waals surface area contributed by atoms with Crippen LogP contribution in [-0.2, 0) is 20.7 Å². The Kier molecular flexibility index (Phi) is 7.54. The maximum Gasteiger partial charge on any atom is 0.331 e. The van der Waals surface area contributed by atoms with Crippen LogP contribution in [0.15, 0.2) is 42.5 Å². The highest BCUT2D eigenvalue weighted by molar-refractivity contribution is 6.00. The van der Waals surface area contributed by atoms with Crippen LogP contribution in [0.2, 0.25) is 0 Å². The molecule has 29 heavy (non-hydrogen) atoms. The SMILES string of the molecule is COc1cccc(/C=C/C(=O)OCC(=O)c2cc(CC(=O)O)ccc2C)c1OC. The number of ether oxygens (including phenoxy) is 3. The van der Waals surface area contributed by atoms with Gasteiger partial charge in [-0.05, 0) is 36.3 Å². The normalized spacial score (nSPS) is 10.6. The largest absolute Gasteiger partial charge is 0.493 e. The first-order chi connectivity index (χ1) is 13.8. The third kappa shape index (κ3) is 5.93. The van der Waals surface area contributed by atoms with Gasteiger partial charge in [-0.1, -0.05) is 24.3 Å². The van der Waals surface area contributed by atoms with E-state index in [1.54, 1.807) is 37.3 Å². The minimum Gasteiger partial charge on any atom is -0.493 e. The summed E-state index contributed by atoms with van der Waals surface area (Å²) in [4.78, 5) is 35.2. The molecular weight excluding hydrogens is 376 g/mol. The van der Waals surface area contributed by atoms with Gasteiger partial charge in [0.25, 0.3) is 0 Å². The molecule has 2 aromatic rings. The van der Waals surface area contributed by atoms with Crippen molar-refractivity contribution >= 4 is 23.8 Å². The molecule has 2 rings (SSSR count). The zero-order chi connectivity index (χ0) is 21.4. The lowest BCUT2D eigenvalue weighted by Crippen LogP contribution is -2.14. The number of carbonyl (C=O) groups is 3. The number of carbonyl (C=O) groups excluding carboxylic acids is 2. The number of Topliss-reactive ketones (excluding diaryl/α,β-unsaturated/α-hetero) is 1. The molecule has 7 heteroatoms. The summed E-state index contributed by atoms with van der Waals surface area (Å²) in [6.45, 7) is 1.28. The Morgan fingerprint density at radius 2 is 1.83 bits per heavy atom. The number of carboxylic acids is 1. The molecule has 0 unspecified atom stereocenters. The fraction of sp³-hybridized carbons (Fsp3) is 0.227. The maximum atomic E-state index is 12.4. The van der Waals surface area contributed by atoms with Gasteiger partial charge in [0.15, 0.2) is 18.1 Å². The van der Waals surface area contributed by atoms with E-state index in [2.05, 4.69) is 0 Å². The number of methoxy groups -OCH3 is 2. The van der Waals surface area contributed by atoms with E-state index in [0.29, 0.717) is 33.8 Å². The molecule has 0 fully saturated rings. The van der Waals surface area contributed by atoms with Crippen LogP contribution in [0, 0.1) is 6.92 Å². The molecule has 0 aliphatic carbocycles. The van der Waals surface area contributed by atoms with Crippen molar-refractivity contribution in [2.24, 2.45) is 0 Å². The Balaban J connectivity index is 2.03. The molecule has 1 N–H and O–H groups in total.